The van der Waals surface area contributed by atoms with E-state index in [9.17, 15) is 4.79 Å². The first-order valence-corrected chi connectivity index (χ1v) is 5.26. The Morgan fingerprint density at radius 3 is 2.29 bits per heavy atom. The second kappa shape index (κ2) is 5.35. The van der Waals surface area contributed by atoms with Crippen LogP contribution in [0.15, 0.2) is 0 Å². The smallest absolute Gasteiger partial charge is 0.236 e. The SMILES string of the molecule is CCN(C)C(=O)CNC(C)C(C)(C)C. The third kappa shape index (κ3) is 4.61. The van der Waals surface area contributed by atoms with Gasteiger partial charge in [-0.25, -0.2) is 0 Å². The number of rotatable bonds is 4. The summed E-state index contributed by atoms with van der Waals surface area (Å²) in [5.41, 5.74) is 0.199. The maximum Gasteiger partial charge on any atom is 0.236 e. The van der Waals surface area contributed by atoms with E-state index < -0.39 is 0 Å². The maximum atomic E-state index is 11.5. The molecule has 14 heavy (non-hydrogen) atoms. The third-order valence-corrected chi connectivity index (χ3v) is 2.76. The topological polar surface area (TPSA) is 32.3 Å². The standard InChI is InChI=1S/C11H24N2O/c1-7-13(6)10(14)8-12-9(2)11(3,4)5/h9,12H,7-8H2,1-6H3. The van der Waals surface area contributed by atoms with Gasteiger partial charge in [0.15, 0.2) is 0 Å². The van der Waals surface area contributed by atoms with E-state index in [4.69, 9.17) is 0 Å². The molecule has 0 saturated carbocycles. The van der Waals surface area contributed by atoms with Crippen molar-refractivity contribution in [1.82, 2.24) is 10.2 Å². The largest absolute Gasteiger partial charge is 0.345 e. The minimum absolute atomic E-state index is 0.156. The first kappa shape index (κ1) is 13.4. The fourth-order valence-electron chi connectivity index (χ4n) is 0.858. The Hall–Kier alpha value is -0.570. The Morgan fingerprint density at radius 2 is 1.93 bits per heavy atom. The third-order valence-electron chi connectivity index (χ3n) is 2.76. The average Bonchev–Trinajstić information content (AvgIpc) is 2.10. The Labute approximate surface area is 87.9 Å². The highest BCUT2D eigenvalue weighted by molar-refractivity contribution is 5.77. The molecule has 0 aliphatic heterocycles. The summed E-state index contributed by atoms with van der Waals surface area (Å²) < 4.78 is 0. The highest BCUT2D eigenvalue weighted by Crippen LogP contribution is 2.17. The van der Waals surface area contributed by atoms with Crippen molar-refractivity contribution in [3.05, 3.63) is 0 Å². The van der Waals surface area contributed by atoms with E-state index in [0.29, 0.717) is 12.6 Å². The normalized spacial score (nSPS) is 13.9. The molecule has 0 spiro atoms. The molecule has 0 aromatic carbocycles. The molecule has 0 rings (SSSR count). The van der Waals surface area contributed by atoms with Gasteiger partial charge in [-0.15, -0.1) is 0 Å². The zero-order valence-electron chi connectivity index (χ0n) is 10.3. The molecule has 84 valence electrons. The lowest BCUT2D eigenvalue weighted by Gasteiger charge is -2.28. The van der Waals surface area contributed by atoms with E-state index in [1.165, 1.54) is 0 Å². The molecule has 0 heterocycles. The molecule has 0 bridgehead atoms. The molecule has 1 N–H and O–H groups in total. The molecule has 0 fully saturated rings. The van der Waals surface area contributed by atoms with Crippen LogP contribution in [-0.2, 0) is 4.79 Å². The van der Waals surface area contributed by atoms with Gasteiger partial charge < -0.3 is 10.2 Å². The summed E-state index contributed by atoms with van der Waals surface area (Å²) >= 11 is 0. The van der Waals surface area contributed by atoms with Gasteiger partial charge in [0.25, 0.3) is 0 Å². The van der Waals surface area contributed by atoms with Gasteiger partial charge in [0.1, 0.15) is 0 Å². The van der Waals surface area contributed by atoms with Crippen molar-refractivity contribution in [3.63, 3.8) is 0 Å². The van der Waals surface area contributed by atoms with Crippen molar-refractivity contribution in [2.24, 2.45) is 5.41 Å². The Kier molecular flexibility index (Phi) is 5.13. The van der Waals surface area contributed by atoms with E-state index in [1.54, 1.807) is 4.90 Å². The van der Waals surface area contributed by atoms with E-state index in [0.717, 1.165) is 6.54 Å². The number of hydrogen-bond acceptors (Lipinski definition) is 2. The van der Waals surface area contributed by atoms with Crippen molar-refractivity contribution in [1.29, 1.82) is 0 Å². The van der Waals surface area contributed by atoms with Gasteiger partial charge in [-0.05, 0) is 19.3 Å². The second-order valence-electron chi connectivity index (χ2n) is 4.88. The minimum atomic E-state index is 0.156. The van der Waals surface area contributed by atoms with Crippen molar-refractivity contribution < 1.29 is 4.79 Å². The second-order valence-corrected chi connectivity index (χ2v) is 4.88. The van der Waals surface area contributed by atoms with Gasteiger partial charge in [0, 0.05) is 19.6 Å². The molecule has 0 aromatic rings. The summed E-state index contributed by atoms with van der Waals surface area (Å²) in [6.07, 6.45) is 0. The molecule has 3 heteroatoms. The number of nitrogens with one attached hydrogen (secondary N) is 1. The minimum Gasteiger partial charge on any atom is -0.345 e. The monoisotopic (exact) mass is 200 g/mol. The molecule has 1 atom stereocenters. The van der Waals surface area contributed by atoms with E-state index >= 15 is 0 Å². The van der Waals surface area contributed by atoms with Crippen molar-refractivity contribution in [2.75, 3.05) is 20.1 Å². The lowest BCUT2D eigenvalue weighted by atomic mass is 9.88. The van der Waals surface area contributed by atoms with Crippen LogP contribution in [0, 0.1) is 5.41 Å². The highest BCUT2D eigenvalue weighted by atomic mass is 16.2. The molecule has 0 saturated heterocycles. The van der Waals surface area contributed by atoms with Crippen LogP contribution in [0.25, 0.3) is 0 Å². The molecular formula is C11H24N2O. The van der Waals surface area contributed by atoms with Crippen LogP contribution in [0.1, 0.15) is 34.6 Å². The molecule has 0 aromatic heterocycles. The first-order valence-electron chi connectivity index (χ1n) is 5.26. The summed E-state index contributed by atoms with van der Waals surface area (Å²) in [6.45, 7) is 11.8. The molecule has 1 amide bonds. The van der Waals surface area contributed by atoms with Gasteiger partial charge in [-0.2, -0.15) is 0 Å². The summed E-state index contributed by atoms with van der Waals surface area (Å²) in [6, 6.07) is 0.344. The van der Waals surface area contributed by atoms with Gasteiger partial charge in [0.2, 0.25) is 5.91 Å². The summed E-state index contributed by atoms with van der Waals surface area (Å²) in [4.78, 5) is 13.2. The van der Waals surface area contributed by atoms with Crippen LogP contribution < -0.4 is 5.32 Å². The van der Waals surface area contributed by atoms with E-state index in [2.05, 4.69) is 33.0 Å². The Balaban J connectivity index is 3.89. The first-order chi connectivity index (χ1) is 6.29. The number of carbonyl (C=O) groups excluding carboxylic acids is 1. The van der Waals surface area contributed by atoms with Crippen LogP contribution in [0.2, 0.25) is 0 Å². The van der Waals surface area contributed by atoms with Crippen molar-refractivity contribution in [3.8, 4) is 0 Å². The van der Waals surface area contributed by atoms with E-state index in [1.807, 2.05) is 14.0 Å². The quantitative estimate of drug-likeness (QED) is 0.745. The average molecular weight is 200 g/mol. The van der Waals surface area contributed by atoms with Crippen LogP contribution in [0.3, 0.4) is 0 Å². The Bertz CT molecular complexity index is 184. The lowest BCUT2D eigenvalue weighted by Crippen LogP contribution is -2.43. The van der Waals surface area contributed by atoms with Gasteiger partial charge >= 0.3 is 0 Å². The fraction of sp³-hybridized carbons (Fsp3) is 0.909. The molecular weight excluding hydrogens is 176 g/mol. The van der Waals surface area contributed by atoms with Gasteiger partial charge in [0.05, 0.1) is 6.54 Å². The predicted octanol–water partition coefficient (Wildman–Crippen LogP) is 1.49. The van der Waals surface area contributed by atoms with Crippen LogP contribution in [-0.4, -0.2) is 37.0 Å². The zero-order valence-corrected chi connectivity index (χ0v) is 10.3. The van der Waals surface area contributed by atoms with Crippen LogP contribution in [0.5, 0.6) is 0 Å². The van der Waals surface area contributed by atoms with Crippen LogP contribution >= 0.6 is 0 Å². The highest BCUT2D eigenvalue weighted by Gasteiger charge is 2.20. The van der Waals surface area contributed by atoms with Crippen molar-refractivity contribution >= 4 is 5.91 Å². The molecule has 1 unspecified atom stereocenters. The molecule has 0 aliphatic carbocycles. The molecule has 0 radical (unpaired) electrons. The number of carbonyl (C=O) groups is 1. The van der Waals surface area contributed by atoms with Crippen LogP contribution in [0.4, 0.5) is 0 Å². The summed E-state index contributed by atoms with van der Waals surface area (Å²) in [5.74, 6) is 0.156. The van der Waals surface area contributed by atoms with E-state index in [-0.39, 0.29) is 11.3 Å². The number of likely N-dealkylation sites (N-methyl/N-ethyl adjacent to an activating group) is 1. The van der Waals surface area contributed by atoms with Crippen molar-refractivity contribution in [2.45, 2.75) is 40.7 Å². The number of hydrogen-bond donors (Lipinski definition) is 1. The summed E-state index contributed by atoms with van der Waals surface area (Å²) in [5, 5.41) is 3.25. The fourth-order valence-corrected chi connectivity index (χ4v) is 0.858. The Morgan fingerprint density at radius 1 is 1.43 bits per heavy atom. The zero-order chi connectivity index (χ0) is 11.4. The van der Waals surface area contributed by atoms with Gasteiger partial charge in [-0.1, -0.05) is 20.8 Å². The molecule has 0 aliphatic rings. The summed E-state index contributed by atoms with van der Waals surface area (Å²) in [7, 11) is 1.83. The number of amides is 1. The van der Waals surface area contributed by atoms with Gasteiger partial charge in [-0.3, -0.25) is 4.79 Å². The predicted molar refractivity (Wildman–Crippen MR) is 60.2 cm³/mol. The maximum absolute atomic E-state index is 11.5. The number of nitrogens with zero attached hydrogens (tertiary/aromatic N) is 1. The lowest BCUT2D eigenvalue weighted by molar-refractivity contribution is -0.128. The molecule has 3 nitrogen and oxygen atoms in total.